The number of carbonyl (C=O) groups is 1. The molecule has 1 aliphatic heterocycles. The molecule has 7 heteroatoms. The molecule has 0 saturated heterocycles. The first kappa shape index (κ1) is 18.9. The van der Waals surface area contributed by atoms with Crippen molar-refractivity contribution < 1.29 is 19.0 Å². The van der Waals surface area contributed by atoms with Gasteiger partial charge in [0, 0.05) is 33.2 Å². The van der Waals surface area contributed by atoms with Crippen molar-refractivity contribution in [1.29, 1.82) is 0 Å². The molecule has 3 aromatic rings. The van der Waals surface area contributed by atoms with Crippen LogP contribution in [0, 0.1) is 13.8 Å². The number of aryl methyl sites for hydroxylation is 1. The van der Waals surface area contributed by atoms with Crippen LogP contribution in [0.2, 0.25) is 5.02 Å². The van der Waals surface area contributed by atoms with E-state index in [1.165, 1.54) is 0 Å². The first-order valence-corrected chi connectivity index (χ1v) is 9.81. The van der Waals surface area contributed by atoms with Crippen molar-refractivity contribution in [3.63, 3.8) is 0 Å². The molecule has 28 heavy (non-hydrogen) atoms. The van der Waals surface area contributed by atoms with Crippen LogP contribution < -0.4 is 14.2 Å². The summed E-state index contributed by atoms with van der Waals surface area (Å²) in [6.07, 6.45) is 0. The number of ether oxygens (including phenoxy) is 3. The van der Waals surface area contributed by atoms with E-state index in [4.69, 9.17) is 25.8 Å². The van der Waals surface area contributed by atoms with Crippen LogP contribution in [0.15, 0.2) is 46.9 Å². The van der Waals surface area contributed by atoms with E-state index in [2.05, 4.69) is 15.9 Å². The number of fused-ring (bicyclic) bond motifs is 1. The van der Waals surface area contributed by atoms with E-state index in [9.17, 15) is 4.79 Å². The molecule has 0 atom stereocenters. The Kier molecular flexibility index (Phi) is 5.08. The molecular weight excluding hydrogens is 446 g/mol. The first-order valence-electron chi connectivity index (χ1n) is 8.64. The van der Waals surface area contributed by atoms with E-state index in [0.717, 1.165) is 27.3 Å². The van der Waals surface area contributed by atoms with Crippen LogP contribution in [-0.4, -0.2) is 23.8 Å². The lowest BCUT2D eigenvalue weighted by Gasteiger charge is -2.11. The molecule has 0 aliphatic carbocycles. The molecule has 0 N–H and O–H groups in total. The van der Waals surface area contributed by atoms with E-state index in [1.807, 2.05) is 48.7 Å². The molecule has 5 nitrogen and oxygen atoms in total. The van der Waals surface area contributed by atoms with Crippen molar-refractivity contribution in [2.45, 2.75) is 13.8 Å². The summed E-state index contributed by atoms with van der Waals surface area (Å²) >= 11 is 9.50. The monoisotopic (exact) mass is 461 g/mol. The summed E-state index contributed by atoms with van der Waals surface area (Å²) in [5.41, 5.74) is 3.31. The number of hydrogen-bond acceptors (Lipinski definition) is 4. The quantitative estimate of drug-likeness (QED) is 0.470. The van der Waals surface area contributed by atoms with Gasteiger partial charge in [0.15, 0.2) is 18.1 Å². The van der Waals surface area contributed by atoms with Gasteiger partial charge in [-0.3, -0.25) is 4.79 Å². The molecule has 0 spiro atoms. The lowest BCUT2D eigenvalue weighted by molar-refractivity contribution is 0.0921. The highest BCUT2D eigenvalue weighted by atomic mass is 79.9. The van der Waals surface area contributed by atoms with E-state index >= 15 is 0 Å². The predicted molar refractivity (Wildman–Crippen MR) is 110 cm³/mol. The number of halogens is 2. The van der Waals surface area contributed by atoms with Crippen LogP contribution in [0.3, 0.4) is 0 Å². The Morgan fingerprint density at radius 2 is 1.93 bits per heavy atom. The number of Topliss-reactive ketones (excluding diaryl/α,β-unsaturated/α-hetero) is 1. The van der Waals surface area contributed by atoms with Crippen molar-refractivity contribution >= 4 is 33.3 Å². The third-order valence-corrected chi connectivity index (χ3v) is 5.39. The number of aromatic nitrogens is 1. The largest absolute Gasteiger partial charge is 0.484 e. The fraction of sp³-hybridized carbons (Fsp3) is 0.190. The fourth-order valence-electron chi connectivity index (χ4n) is 3.28. The highest BCUT2D eigenvalue weighted by Gasteiger charge is 2.20. The zero-order valence-electron chi connectivity index (χ0n) is 15.3. The number of rotatable bonds is 5. The number of nitrogens with zero attached hydrogens (tertiary/aromatic N) is 1. The van der Waals surface area contributed by atoms with Gasteiger partial charge in [0.05, 0.1) is 5.02 Å². The molecule has 4 rings (SSSR count). The zero-order valence-corrected chi connectivity index (χ0v) is 17.6. The molecule has 0 bridgehead atoms. The van der Waals surface area contributed by atoms with Crippen LogP contribution in [0.25, 0.3) is 5.69 Å². The summed E-state index contributed by atoms with van der Waals surface area (Å²) in [6.45, 7) is 4.01. The highest BCUT2D eigenvalue weighted by molar-refractivity contribution is 9.10. The second kappa shape index (κ2) is 7.53. The lowest BCUT2D eigenvalue weighted by Crippen LogP contribution is -2.13. The van der Waals surface area contributed by atoms with Crippen molar-refractivity contribution in [3.8, 4) is 22.9 Å². The molecule has 0 unspecified atom stereocenters. The molecule has 144 valence electrons. The van der Waals surface area contributed by atoms with Gasteiger partial charge in [-0.25, -0.2) is 0 Å². The summed E-state index contributed by atoms with van der Waals surface area (Å²) in [7, 11) is 0. The molecule has 2 aromatic carbocycles. The van der Waals surface area contributed by atoms with Crippen LogP contribution >= 0.6 is 27.5 Å². The van der Waals surface area contributed by atoms with Gasteiger partial charge < -0.3 is 18.8 Å². The van der Waals surface area contributed by atoms with Crippen LogP contribution in [0.1, 0.15) is 21.7 Å². The Morgan fingerprint density at radius 1 is 1.14 bits per heavy atom. The average molecular weight is 463 g/mol. The van der Waals surface area contributed by atoms with Gasteiger partial charge in [-0.2, -0.15) is 0 Å². The second-order valence-corrected chi connectivity index (χ2v) is 7.77. The van der Waals surface area contributed by atoms with Crippen LogP contribution in [0.5, 0.6) is 17.2 Å². The summed E-state index contributed by atoms with van der Waals surface area (Å²) in [4.78, 5) is 12.8. The van der Waals surface area contributed by atoms with Gasteiger partial charge in [0.1, 0.15) is 5.75 Å². The predicted octanol–water partition coefficient (Wildman–Crippen LogP) is 5.50. The van der Waals surface area contributed by atoms with Gasteiger partial charge in [-0.1, -0.05) is 27.5 Å². The van der Waals surface area contributed by atoms with Gasteiger partial charge in [0.2, 0.25) is 12.6 Å². The minimum atomic E-state index is -0.112. The van der Waals surface area contributed by atoms with Crippen molar-refractivity contribution in [2.75, 3.05) is 13.4 Å². The normalized spacial score (nSPS) is 12.3. The molecule has 0 amide bonds. The summed E-state index contributed by atoms with van der Waals surface area (Å²) in [5, 5.41) is 0.452. The Hall–Kier alpha value is -2.44. The molecule has 0 radical (unpaired) electrons. The highest BCUT2D eigenvalue weighted by Crippen LogP contribution is 2.35. The lowest BCUT2D eigenvalue weighted by atomic mass is 10.1. The third-order valence-electron chi connectivity index (χ3n) is 4.60. The Labute approximate surface area is 175 Å². The topological polar surface area (TPSA) is 49.7 Å². The van der Waals surface area contributed by atoms with Gasteiger partial charge in [-0.05, 0) is 50.2 Å². The average Bonchev–Trinajstić information content (AvgIpc) is 3.24. The number of carbonyl (C=O) groups excluding carboxylic acids is 1. The van der Waals surface area contributed by atoms with Gasteiger partial charge in [0.25, 0.3) is 0 Å². The van der Waals surface area contributed by atoms with Crippen LogP contribution in [-0.2, 0) is 0 Å². The van der Waals surface area contributed by atoms with Crippen molar-refractivity contribution in [3.05, 3.63) is 68.9 Å². The Balaban J connectivity index is 1.57. The van der Waals surface area contributed by atoms with E-state index in [0.29, 0.717) is 22.1 Å². The van der Waals surface area contributed by atoms with Crippen LogP contribution in [0.4, 0.5) is 0 Å². The fourth-order valence-corrected chi connectivity index (χ4v) is 4.01. The van der Waals surface area contributed by atoms with Crippen molar-refractivity contribution in [2.24, 2.45) is 0 Å². The Morgan fingerprint density at radius 3 is 2.71 bits per heavy atom. The molecule has 0 saturated carbocycles. The maximum atomic E-state index is 12.8. The van der Waals surface area contributed by atoms with Gasteiger partial charge >= 0.3 is 0 Å². The Bertz CT molecular complexity index is 1080. The molecule has 1 aliphatic rings. The summed E-state index contributed by atoms with van der Waals surface area (Å²) in [5.74, 6) is 1.79. The SMILES string of the molecule is Cc1cc(C(=O)COc2ccc(Br)cc2Cl)c(C)n1-c1ccc2c(c1)OCO2. The number of hydrogen-bond donors (Lipinski definition) is 0. The third kappa shape index (κ3) is 3.50. The molecule has 1 aromatic heterocycles. The maximum Gasteiger partial charge on any atom is 0.231 e. The summed E-state index contributed by atoms with van der Waals surface area (Å²) in [6, 6.07) is 12.9. The minimum absolute atomic E-state index is 0.0905. The van der Waals surface area contributed by atoms with Crippen molar-refractivity contribution in [1.82, 2.24) is 4.57 Å². The van der Waals surface area contributed by atoms with E-state index < -0.39 is 0 Å². The minimum Gasteiger partial charge on any atom is -0.484 e. The number of ketones is 1. The van der Waals surface area contributed by atoms with E-state index in [1.54, 1.807) is 12.1 Å². The second-order valence-electron chi connectivity index (χ2n) is 6.44. The molecular formula is C21H17BrClNO4. The molecule has 2 heterocycles. The first-order chi connectivity index (χ1) is 13.4. The smallest absolute Gasteiger partial charge is 0.231 e. The van der Waals surface area contributed by atoms with E-state index in [-0.39, 0.29) is 19.2 Å². The number of benzene rings is 2. The van der Waals surface area contributed by atoms with Gasteiger partial charge in [-0.15, -0.1) is 0 Å². The summed E-state index contributed by atoms with van der Waals surface area (Å²) < 4.78 is 19.3. The zero-order chi connectivity index (χ0) is 19.8. The standard InChI is InChI=1S/C21H17BrClNO4/c1-12-7-16(18(25)10-26-19-5-3-14(22)8-17(19)23)13(2)24(12)15-4-6-20-21(9-15)28-11-27-20/h3-9H,10-11H2,1-2H3. The maximum absolute atomic E-state index is 12.8. The molecule has 0 fully saturated rings.